The van der Waals surface area contributed by atoms with Crippen LogP contribution in [0.4, 0.5) is 13.2 Å². The Balaban J connectivity index is 2.68. The molecule has 0 aliphatic rings. The standard InChI is InChI=1S/C24H26F3N3/c1-6-7-11-18(16(2)3)22(17(4)5)30-23(24(25,26)27)21-14-10-13-20(29-21)19-12-8-9-15-28-19/h6-16H,1-5H3/b7-6-,18-11-,30-23?. The number of rotatable bonds is 6. The van der Waals surface area contributed by atoms with E-state index in [2.05, 4.69) is 15.0 Å². The van der Waals surface area contributed by atoms with E-state index in [0.717, 1.165) is 5.57 Å². The Morgan fingerprint density at radius 3 is 2.27 bits per heavy atom. The van der Waals surface area contributed by atoms with Crippen LogP contribution in [0.2, 0.25) is 0 Å². The van der Waals surface area contributed by atoms with Crippen molar-refractivity contribution in [2.45, 2.75) is 40.8 Å². The minimum Gasteiger partial charge on any atom is -0.255 e. The van der Waals surface area contributed by atoms with Gasteiger partial charge >= 0.3 is 6.18 Å². The number of halogens is 3. The first-order valence-electron chi connectivity index (χ1n) is 9.70. The van der Waals surface area contributed by atoms with Gasteiger partial charge < -0.3 is 0 Å². The molecule has 6 heteroatoms. The zero-order valence-electron chi connectivity index (χ0n) is 17.8. The van der Waals surface area contributed by atoms with E-state index in [1.54, 1.807) is 50.4 Å². The third-order valence-electron chi connectivity index (χ3n) is 4.25. The number of allylic oxidation sites excluding steroid dienone is 5. The molecule has 0 fully saturated rings. The zero-order chi connectivity index (χ0) is 22.3. The largest absolute Gasteiger partial charge is 0.435 e. The molecule has 30 heavy (non-hydrogen) atoms. The molecular weight excluding hydrogens is 387 g/mol. The van der Waals surface area contributed by atoms with Crippen LogP contribution >= 0.6 is 0 Å². The maximum atomic E-state index is 14.0. The van der Waals surface area contributed by atoms with Gasteiger partial charge in [0.2, 0.25) is 0 Å². The molecule has 0 aliphatic carbocycles. The Bertz CT molecular complexity index is 978. The lowest BCUT2D eigenvalue weighted by molar-refractivity contribution is -0.0582. The average Bonchev–Trinajstić information content (AvgIpc) is 2.69. The highest BCUT2D eigenvalue weighted by atomic mass is 19.4. The molecular formula is C24H26F3N3. The molecule has 0 aliphatic heterocycles. The second kappa shape index (κ2) is 10.1. The van der Waals surface area contributed by atoms with Crippen molar-refractivity contribution in [3.63, 3.8) is 0 Å². The molecule has 0 amide bonds. The number of hydrogen-bond donors (Lipinski definition) is 0. The van der Waals surface area contributed by atoms with Crippen LogP contribution in [0.3, 0.4) is 0 Å². The summed E-state index contributed by atoms with van der Waals surface area (Å²) in [5.74, 6) is -0.00264. The van der Waals surface area contributed by atoms with E-state index < -0.39 is 11.9 Å². The normalized spacial score (nSPS) is 13.2. The SMILES string of the molecule is C/C=C\C=C(/C(N=C(c1cccc(-c2ccccn2)n1)C(F)(F)F)=C(C)C)C(C)C. The van der Waals surface area contributed by atoms with Crippen LogP contribution in [0.25, 0.3) is 11.4 Å². The van der Waals surface area contributed by atoms with Gasteiger partial charge in [0.1, 0.15) is 0 Å². The lowest BCUT2D eigenvalue weighted by Crippen LogP contribution is -2.26. The van der Waals surface area contributed by atoms with Gasteiger partial charge in [0.15, 0.2) is 5.71 Å². The molecule has 0 saturated carbocycles. The molecule has 0 spiro atoms. The van der Waals surface area contributed by atoms with Crippen LogP contribution < -0.4 is 0 Å². The molecule has 2 aromatic heterocycles. The number of alkyl halides is 3. The number of pyridine rings is 2. The van der Waals surface area contributed by atoms with Gasteiger partial charge in [-0.1, -0.05) is 49.8 Å². The first-order valence-corrected chi connectivity index (χ1v) is 9.70. The van der Waals surface area contributed by atoms with E-state index in [0.29, 0.717) is 22.7 Å². The number of hydrogen-bond acceptors (Lipinski definition) is 3. The van der Waals surface area contributed by atoms with Crippen LogP contribution in [0.15, 0.2) is 82.7 Å². The van der Waals surface area contributed by atoms with Gasteiger partial charge in [-0.2, -0.15) is 13.2 Å². The van der Waals surface area contributed by atoms with Crippen LogP contribution in [-0.2, 0) is 0 Å². The molecule has 0 saturated heterocycles. The first-order chi connectivity index (χ1) is 14.1. The van der Waals surface area contributed by atoms with Crippen molar-refractivity contribution in [3.05, 3.63) is 83.4 Å². The smallest absolute Gasteiger partial charge is 0.255 e. The van der Waals surface area contributed by atoms with Gasteiger partial charge in [-0.3, -0.25) is 4.98 Å². The highest BCUT2D eigenvalue weighted by molar-refractivity contribution is 6.04. The van der Waals surface area contributed by atoms with E-state index in [-0.39, 0.29) is 11.6 Å². The van der Waals surface area contributed by atoms with E-state index in [9.17, 15) is 13.2 Å². The van der Waals surface area contributed by atoms with Crippen molar-refractivity contribution in [3.8, 4) is 11.4 Å². The maximum Gasteiger partial charge on any atom is 0.435 e. The van der Waals surface area contributed by atoms with E-state index in [1.807, 2.05) is 32.9 Å². The Kier molecular flexibility index (Phi) is 7.86. The van der Waals surface area contributed by atoms with Crippen molar-refractivity contribution in [2.75, 3.05) is 0 Å². The molecule has 2 aromatic rings. The Labute approximate surface area is 175 Å². The summed E-state index contributed by atoms with van der Waals surface area (Å²) in [5.41, 5.74) is 1.34. The third-order valence-corrected chi connectivity index (χ3v) is 4.25. The molecule has 2 rings (SSSR count). The lowest BCUT2D eigenvalue weighted by atomic mass is 9.96. The molecule has 0 N–H and O–H groups in total. The fraction of sp³-hybridized carbons (Fsp3) is 0.292. The first kappa shape index (κ1) is 23.3. The van der Waals surface area contributed by atoms with E-state index >= 15 is 0 Å². The maximum absolute atomic E-state index is 14.0. The van der Waals surface area contributed by atoms with Crippen molar-refractivity contribution in [1.82, 2.24) is 9.97 Å². The molecule has 0 radical (unpaired) electrons. The summed E-state index contributed by atoms with van der Waals surface area (Å²) in [6.07, 6.45) is 2.35. The molecule has 3 nitrogen and oxygen atoms in total. The summed E-state index contributed by atoms with van der Waals surface area (Å²) in [4.78, 5) is 12.5. The predicted molar refractivity (Wildman–Crippen MR) is 116 cm³/mol. The van der Waals surface area contributed by atoms with Crippen molar-refractivity contribution in [1.29, 1.82) is 0 Å². The minimum atomic E-state index is -4.67. The highest BCUT2D eigenvalue weighted by Crippen LogP contribution is 2.29. The van der Waals surface area contributed by atoms with Crippen molar-refractivity contribution >= 4 is 5.71 Å². The fourth-order valence-electron chi connectivity index (χ4n) is 2.81. The second-order valence-corrected chi connectivity index (χ2v) is 7.23. The van der Waals surface area contributed by atoms with Crippen LogP contribution in [0.5, 0.6) is 0 Å². The van der Waals surface area contributed by atoms with Gasteiger partial charge in [0, 0.05) is 6.20 Å². The highest BCUT2D eigenvalue weighted by Gasteiger charge is 2.38. The van der Waals surface area contributed by atoms with E-state index in [1.165, 1.54) is 12.1 Å². The van der Waals surface area contributed by atoms with Gasteiger partial charge in [0.05, 0.1) is 22.8 Å². The quantitative estimate of drug-likeness (QED) is 0.380. The molecule has 0 bridgehead atoms. The number of nitrogens with zero attached hydrogens (tertiary/aromatic N) is 3. The molecule has 2 heterocycles. The van der Waals surface area contributed by atoms with Crippen molar-refractivity contribution in [2.24, 2.45) is 10.9 Å². The Morgan fingerprint density at radius 2 is 1.73 bits per heavy atom. The molecule has 0 atom stereocenters. The average molecular weight is 413 g/mol. The van der Waals surface area contributed by atoms with Gasteiger partial charge in [-0.25, -0.2) is 9.98 Å². The Morgan fingerprint density at radius 1 is 1.03 bits per heavy atom. The van der Waals surface area contributed by atoms with Crippen molar-refractivity contribution < 1.29 is 13.2 Å². The minimum absolute atomic E-state index is 0.00264. The third kappa shape index (κ3) is 5.99. The molecule has 0 unspecified atom stereocenters. The monoisotopic (exact) mass is 413 g/mol. The van der Waals surface area contributed by atoms with Crippen LogP contribution in [-0.4, -0.2) is 21.9 Å². The fourth-order valence-corrected chi connectivity index (χ4v) is 2.81. The summed E-state index contributed by atoms with van der Waals surface area (Å²) in [6, 6.07) is 9.70. The van der Waals surface area contributed by atoms with Crippen LogP contribution in [0, 0.1) is 5.92 Å². The van der Waals surface area contributed by atoms with Gasteiger partial charge in [-0.05, 0) is 56.5 Å². The molecule has 158 valence electrons. The summed E-state index contributed by atoms with van der Waals surface area (Å²) in [7, 11) is 0. The summed E-state index contributed by atoms with van der Waals surface area (Å²) >= 11 is 0. The van der Waals surface area contributed by atoms with Gasteiger partial charge in [-0.15, -0.1) is 0 Å². The van der Waals surface area contributed by atoms with Crippen LogP contribution in [0.1, 0.15) is 40.3 Å². The Hall–Kier alpha value is -3.02. The topological polar surface area (TPSA) is 38.1 Å². The summed E-state index contributed by atoms with van der Waals surface area (Å²) in [5, 5.41) is 0. The predicted octanol–water partition coefficient (Wildman–Crippen LogP) is 6.95. The summed E-state index contributed by atoms with van der Waals surface area (Å²) < 4.78 is 42.1. The zero-order valence-corrected chi connectivity index (χ0v) is 17.8. The second-order valence-electron chi connectivity index (χ2n) is 7.23. The summed E-state index contributed by atoms with van der Waals surface area (Å²) in [6.45, 7) is 9.24. The lowest BCUT2D eigenvalue weighted by Gasteiger charge is -2.17. The van der Waals surface area contributed by atoms with E-state index in [4.69, 9.17) is 0 Å². The van der Waals surface area contributed by atoms with Gasteiger partial charge in [0.25, 0.3) is 0 Å². The number of aliphatic imine (C=N–C) groups is 1. The molecule has 0 aromatic carbocycles. The number of aromatic nitrogens is 2.